The van der Waals surface area contributed by atoms with Crippen LogP contribution in [0.1, 0.15) is 10.4 Å². The molecule has 4 rings (SSSR count). The molecular formula is C23H17NO2. The summed E-state index contributed by atoms with van der Waals surface area (Å²) in [6, 6.07) is 30.5. The van der Waals surface area contributed by atoms with Gasteiger partial charge in [0.1, 0.15) is 11.5 Å². The first-order chi connectivity index (χ1) is 12.8. The van der Waals surface area contributed by atoms with Crippen molar-refractivity contribution < 1.29 is 9.53 Å². The topological polar surface area (TPSA) is 38.3 Å². The van der Waals surface area contributed by atoms with Gasteiger partial charge in [-0.2, -0.15) is 0 Å². The lowest BCUT2D eigenvalue weighted by Crippen LogP contribution is -2.13. The van der Waals surface area contributed by atoms with E-state index in [0.717, 1.165) is 16.5 Å². The molecule has 26 heavy (non-hydrogen) atoms. The number of carbonyl (C=O) groups excluding carboxylic acids is 1. The van der Waals surface area contributed by atoms with Crippen LogP contribution in [0, 0.1) is 0 Å². The summed E-state index contributed by atoms with van der Waals surface area (Å²) >= 11 is 0. The van der Waals surface area contributed by atoms with Gasteiger partial charge in [-0.05, 0) is 35.7 Å². The molecule has 0 aliphatic carbocycles. The molecule has 0 fully saturated rings. The highest BCUT2D eigenvalue weighted by Gasteiger charge is 2.14. The Labute approximate surface area is 151 Å². The van der Waals surface area contributed by atoms with Gasteiger partial charge in [-0.15, -0.1) is 0 Å². The molecule has 0 bridgehead atoms. The van der Waals surface area contributed by atoms with Crippen LogP contribution in [0.2, 0.25) is 0 Å². The van der Waals surface area contributed by atoms with Crippen molar-refractivity contribution in [3.63, 3.8) is 0 Å². The van der Waals surface area contributed by atoms with Gasteiger partial charge in [-0.1, -0.05) is 66.7 Å². The fraction of sp³-hybridized carbons (Fsp3) is 0. The molecule has 0 spiro atoms. The van der Waals surface area contributed by atoms with Crippen LogP contribution in [0.5, 0.6) is 11.5 Å². The van der Waals surface area contributed by atoms with Crippen LogP contribution in [0.3, 0.4) is 0 Å². The van der Waals surface area contributed by atoms with E-state index in [0.29, 0.717) is 17.1 Å². The number of anilines is 1. The number of rotatable bonds is 4. The van der Waals surface area contributed by atoms with E-state index in [1.807, 2.05) is 84.9 Å². The van der Waals surface area contributed by atoms with E-state index in [9.17, 15) is 4.79 Å². The number of para-hydroxylation sites is 2. The fourth-order valence-corrected chi connectivity index (χ4v) is 2.88. The van der Waals surface area contributed by atoms with Crippen molar-refractivity contribution in [3.8, 4) is 11.5 Å². The van der Waals surface area contributed by atoms with Gasteiger partial charge in [0, 0.05) is 11.1 Å². The highest BCUT2D eigenvalue weighted by atomic mass is 16.5. The summed E-state index contributed by atoms with van der Waals surface area (Å²) in [4.78, 5) is 12.9. The summed E-state index contributed by atoms with van der Waals surface area (Å²) in [5.74, 6) is 1.02. The van der Waals surface area contributed by atoms with E-state index in [1.54, 1.807) is 12.1 Å². The van der Waals surface area contributed by atoms with E-state index in [-0.39, 0.29) is 5.91 Å². The Morgan fingerprint density at radius 1 is 0.692 bits per heavy atom. The average molecular weight is 339 g/mol. The van der Waals surface area contributed by atoms with Gasteiger partial charge >= 0.3 is 0 Å². The second-order valence-electron chi connectivity index (χ2n) is 5.89. The lowest BCUT2D eigenvalue weighted by Gasteiger charge is -2.12. The molecule has 3 heteroatoms. The number of hydrogen-bond acceptors (Lipinski definition) is 2. The maximum absolute atomic E-state index is 12.9. The Morgan fingerprint density at radius 2 is 1.38 bits per heavy atom. The van der Waals surface area contributed by atoms with Crippen LogP contribution in [-0.4, -0.2) is 5.91 Å². The first-order valence-electron chi connectivity index (χ1n) is 8.42. The molecule has 0 saturated heterocycles. The van der Waals surface area contributed by atoms with Crippen LogP contribution in [0.25, 0.3) is 10.8 Å². The average Bonchev–Trinajstić information content (AvgIpc) is 2.69. The largest absolute Gasteiger partial charge is 0.457 e. The van der Waals surface area contributed by atoms with Crippen molar-refractivity contribution >= 4 is 22.4 Å². The summed E-state index contributed by atoms with van der Waals surface area (Å²) in [7, 11) is 0. The Balaban J connectivity index is 1.64. The third-order valence-corrected chi connectivity index (χ3v) is 4.14. The van der Waals surface area contributed by atoms with E-state index >= 15 is 0 Å². The first-order valence-corrected chi connectivity index (χ1v) is 8.42. The zero-order valence-electron chi connectivity index (χ0n) is 14.1. The van der Waals surface area contributed by atoms with Crippen LogP contribution < -0.4 is 10.1 Å². The van der Waals surface area contributed by atoms with E-state index in [2.05, 4.69) is 5.32 Å². The van der Waals surface area contributed by atoms with E-state index in [1.165, 1.54) is 0 Å². The second kappa shape index (κ2) is 7.11. The predicted octanol–water partition coefficient (Wildman–Crippen LogP) is 5.88. The van der Waals surface area contributed by atoms with E-state index in [4.69, 9.17) is 4.74 Å². The molecule has 0 unspecified atom stereocenters. The summed E-state index contributed by atoms with van der Waals surface area (Å²) < 4.78 is 5.89. The molecule has 1 N–H and O–H groups in total. The molecule has 4 aromatic carbocycles. The summed E-state index contributed by atoms with van der Waals surface area (Å²) in [5, 5.41) is 5.10. The molecule has 126 valence electrons. The summed E-state index contributed by atoms with van der Waals surface area (Å²) in [6.45, 7) is 0. The Hall–Kier alpha value is -3.59. The van der Waals surface area contributed by atoms with Crippen molar-refractivity contribution in [1.82, 2.24) is 0 Å². The number of amides is 1. The van der Waals surface area contributed by atoms with Crippen LogP contribution in [0.4, 0.5) is 5.69 Å². The van der Waals surface area contributed by atoms with Gasteiger partial charge in [0.05, 0.1) is 5.56 Å². The number of ether oxygens (including phenoxy) is 1. The molecule has 0 heterocycles. The van der Waals surface area contributed by atoms with Crippen molar-refractivity contribution in [2.75, 3.05) is 5.32 Å². The van der Waals surface area contributed by atoms with Crippen molar-refractivity contribution in [2.45, 2.75) is 0 Å². The Kier molecular flexibility index (Phi) is 4.35. The molecule has 0 atom stereocenters. The maximum Gasteiger partial charge on any atom is 0.259 e. The summed E-state index contributed by atoms with van der Waals surface area (Å²) in [6.07, 6.45) is 0. The molecule has 0 aliphatic heterocycles. The maximum atomic E-state index is 12.9. The van der Waals surface area contributed by atoms with Crippen molar-refractivity contribution in [2.24, 2.45) is 0 Å². The highest BCUT2D eigenvalue weighted by Crippen LogP contribution is 2.28. The number of carbonyl (C=O) groups is 1. The van der Waals surface area contributed by atoms with Crippen molar-refractivity contribution in [1.29, 1.82) is 0 Å². The zero-order valence-corrected chi connectivity index (χ0v) is 14.1. The van der Waals surface area contributed by atoms with Crippen molar-refractivity contribution in [3.05, 3.63) is 103 Å². The van der Waals surface area contributed by atoms with Gasteiger partial charge in [0.25, 0.3) is 5.91 Å². The minimum absolute atomic E-state index is 0.201. The third-order valence-electron chi connectivity index (χ3n) is 4.14. The van der Waals surface area contributed by atoms with Crippen LogP contribution in [0.15, 0.2) is 97.1 Å². The monoisotopic (exact) mass is 339 g/mol. The highest BCUT2D eigenvalue weighted by molar-refractivity contribution is 6.10. The quantitative estimate of drug-likeness (QED) is 0.504. The van der Waals surface area contributed by atoms with Gasteiger partial charge in [0.2, 0.25) is 0 Å². The van der Waals surface area contributed by atoms with E-state index < -0.39 is 0 Å². The molecule has 0 radical (unpaired) electrons. The molecule has 3 nitrogen and oxygen atoms in total. The minimum Gasteiger partial charge on any atom is -0.457 e. The van der Waals surface area contributed by atoms with Crippen LogP contribution in [-0.2, 0) is 0 Å². The Bertz CT molecular complexity index is 1050. The molecule has 1 amide bonds. The standard InChI is InChI=1S/C23H17NO2/c25-23(24-21-15-8-10-17-9-4-5-13-19(17)21)20-14-6-7-16-22(20)26-18-11-2-1-3-12-18/h1-16H,(H,24,25). The molecule has 0 aliphatic rings. The molecule has 0 aromatic heterocycles. The van der Waals surface area contributed by atoms with Gasteiger partial charge in [-0.3, -0.25) is 4.79 Å². The SMILES string of the molecule is O=C(Nc1cccc2ccccc12)c1ccccc1Oc1ccccc1. The number of nitrogens with one attached hydrogen (secondary N) is 1. The Morgan fingerprint density at radius 3 is 2.27 bits per heavy atom. The van der Waals surface area contributed by atoms with Gasteiger partial charge < -0.3 is 10.1 Å². The molecular weight excluding hydrogens is 322 g/mol. The second-order valence-corrected chi connectivity index (χ2v) is 5.89. The molecule has 0 saturated carbocycles. The third kappa shape index (κ3) is 3.28. The first kappa shape index (κ1) is 15.9. The van der Waals surface area contributed by atoms with Gasteiger partial charge in [-0.25, -0.2) is 0 Å². The predicted molar refractivity (Wildman–Crippen MR) is 105 cm³/mol. The molecule has 4 aromatic rings. The minimum atomic E-state index is -0.201. The summed E-state index contributed by atoms with van der Waals surface area (Å²) in [5.41, 5.74) is 1.27. The lowest BCUT2D eigenvalue weighted by atomic mass is 10.1. The fourth-order valence-electron chi connectivity index (χ4n) is 2.88. The smallest absolute Gasteiger partial charge is 0.259 e. The van der Waals surface area contributed by atoms with Crippen LogP contribution >= 0.6 is 0 Å². The number of benzene rings is 4. The zero-order chi connectivity index (χ0) is 17.8. The lowest BCUT2D eigenvalue weighted by molar-refractivity contribution is 0.102. The normalized spacial score (nSPS) is 10.5. The number of hydrogen-bond donors (Lipinski definition) is 1. The number of fused-ring (bicyclic) bond motifs is 1. The van der Waals surface area contributed by atoms with Gasteiger partial charge in [0.15, 0.2) is 0 Å².